The van der Waals surface area contributed by atoms with E-state index >= 15 is 0 Å². The molecule has 0 atom stereocenters. The van der Waals surface area contributed by atoms with Crippen molar-refractivity contribution in [3.63, 3.8) is 0 Å². The molecular weight excluding hydrogens is 350 g/mol. The highest BCUT2D eigenvalue weighted by atomic mass is 79.9. The number of hydrogen-bond acceptors (Lipinski definition) is 4. The van der Waals surface area contributed by atoms with Gasteiger partial charge >= 0.3 is 0 Å². The fourth-order valence-corrected chi connectivity index (χ4v) is 3.79. The molecule has 0 aromatic heterocycles. The molecule has 19 heavy (non-hydrogen) atoms. The van der Waals surface area contributed by atoms with Crippen molar-refractivity contribution in [3.05, 3.63) is 22.7 Å². The molecule has 0 heterocycles. The van der Waals surface area contributed by atoms with Crippen LogP contribution in [0.3, 0.4) is 0 Å². The van der Waals surface area contributed by atoms with Crippen molar-refractivity contribution in [1.29, 1.82) is 0 Å². The summed E-state index contributed by atoms with van der Waals surface area (Å²) >= 11 is 5.03. The lowest BCUT2D eigenvalue weighted by atomic mass is 10.3. The minimum atomic E-state index is -3.52. The van der Waals surface area contributed by atoms with Gasteiger partial charge in [-0.05, 0) is 43.0 Å². The maximum Gasteiger partial charge on any atom is 0.244 e. The number of benzene rings is 1. The Morgan fingerprint density at radius 3 is 2.74 bits per heavy atom. The quantitative estimate of drug-likeness (QED) is 0.717. The lowest BCUT2D eigenvalue weighted by molar-refractivity contribution is 0.402. The van der Waals surface area contributed by atoms with Crippen LogP contribution >= 0.6 is 27.7 Å². The summed E-state index contributed by atoms with van der Waals surface area (Å²) in [6.45, 7) is 0.443. The largest absolute Gasteiger partial charge is 0.495 e. The Morgan fingerprint density at radius 2 is 2.11 bits per heavy atom. The Labute approximate surface area is 127 Å². The molecule has 0 spiro atoms. The Kier molecular flexibility index (Phi) is 7.20. The fraction of sp³-hybridized carbons (Fsp3) is 0.500. The van der Waals surface area contributed by atoms with E-state index in [2.05, 4.69) is 20.7 Å². The van der Waals surface area contributed by atoms with Gasteiger partial charge in [0.05, 0.1) is 7.11 Å². The summed E-state index contributed by atoms with van der Waals surface area (Å²) in [4.78, 5) is 0.161. The zero-order valence-corrected chi connectivity index (χ0v) is 14.2. The number of nitrogens with one attached hydrogen (secondary N) is 1. The Morgan fingerprint density at radius 1 is 1.37 bits per heavy atom. The van der Waals surface area contributed by atoms with E-state index in [1.54, 1.807) is 30.0 Å². The van der Waals surface area contributed by atoms with E-state index < -0.39 is 10.0 Å². The van der Waals surface area contributed by atoms with Gasteiger partial charge in [0.1, 0.15) is 10.6 Å². The van der Waals surface area contributed by atoms with Gasteiger partial charge in [0.2, 0.25) is 10.0 Å². The first-order valence-corrected chi connectivity index (χ1v) is 9.50. The van der Waals surface area contributed by atoms with E-state index in [4.69, 9.17) is 4.74 Å². The summed E-state index contributed by atoms with van der Waals surface area (Å²) < 4.78 is 32.8. The summed E-state index contributed by atoms with van der Waals surface area (Å²) in [5, 5.41) is 0. The van der Waals surface area contributed by atoms with Crippen molar-refractivity contribution >= 4 is 37.7 Å². The van der Waals surface area contributed by atoms with E-state index in [1.165, 1.54) is 7.11 Å². The van der Waals surface area contributed by atoms with Gasteiger partial charge in [-0.1, -0.05) is 15.9 Å². The third kappa shape index (κ3) is 5.33. The zero-order valence-electron chi connectivity index (χ0n) is 11.0. The van der Waals surface area contributed by atoms with Gasteiger partial charge in [-0.25, -0.2) is 13.1 Å². The number of thioether (sulfide) groups is 1. The maximum atomic E-state index is 12.2. The summed E-state index contributed by atoms with van der Waals surface area (Å²) in [5.41, 5.74) is 0. The minimum absolute atomic E-state index is 0.161. The normalized spacial score (nSPS) is 11.5. The molecule has 0 fully saturated rings. The van der Waals surface area contributed by atoms with Crippen molar-refractivity contribution in [2.75, 3.05) is 25.7 Å². The molecule has 1 aromatic rings. The lowest BCUT2D eigenvalue weighted by Crippen LogP contribution is -2.25. The number of ether oxygens (including phenoxy) is 1. The molecule has 0 bridgehead atoms. The monoisotopic (exact) mass is 367 g/mol. The first-order valence-electron chi connectivity index (χ1n) is 5.83. The van der Waals surface area contributed by atoms with E-state index in [1.807, 2.05) is 6.26 Å². The number of unbranched alkanes of at least 4 members (excludes halogenated alkanes) is 1. The van der Waals surface area contributed by atoms with Crippen molar-refractivity contribution in [3.8, 4) is 5.75 Å². The van der Waals surface area contributed by atoms with Crippen LogP contribution in [0.15, 0.2) is 27.6 Å². The molecule has 0 aliphatic rings. The van der Waals surface area contributed by atoms with Crippen molar-refractivity contribution < 1.29 is 13.2 Å². The molecule has 0 unspecified atom stereocenters. The van der Waals surface area contributed by atoms with Crippen LogP contribution < -0.4 is 9.46 Å². The molecule has 1 rings (SSSR count). The maximum absolute atomic E-state index is 12.2. The summed E-state index contributed by atoms with van der Waals surface area (Å²) in [7, 11) is -2.07. The zero-order chi connectivity index (χ0) is 14.3. The molecule has 0 saturated heterocycles. The second-order valence-electron chi connectivity index (χ2n) is 3.89. The smallest absolute Gasteiger partial charge is 0.244 e. The van der Waals surface area contributed by atoms with E-state index in [0.29, 0.717) is 16.8 Å². The van der Waals surface area contributed by atoms with Crippen LogP contribution in [0, 0.1) is 0 Å². The fourth-order valence-electron chi connectivity index (χ4n) is 1.52. The van der Waals surface area contributed by atoms with Gasteiger partial charge in [0.25, 0.3) is 0 Å². The van der Waals surface area contributed by atoms with Crippen LogP contribution in [-0.2, 0) is 10.0 Å². The van der Waals surface area contributed by atoms with Crippen LogP contribution in [0.1, 0.15) is 12.8 Å². The highest BCUT2D eigenvalue weighted by molar-refractivity contribution is 9.10. The van der Waals surface area contributed by atoms with Crippen molar-refractivity contribution in [2.45, 2.75) is 17.7 Å². The predicted octanol–water partition coefficient (Wildman–Crippen LogP) is 2.88. The molecule has 1 N–H and O–H groups in total. The Hall–Kier alpha value is -0.240. The second-order valence-corrected chi connectivity index (χ2v) is 7.53. The average molecular weight is 368 g/mol. The van der Waals surface area contributed by atoms with Crippen LogP contribution in [0.5, 0.6) is 5.75 Å². The molecule has 7 heteroatoms. The predicted molar refractivity (Wildman–Crippen MR) is 83.5 cm³/mol. The third-order valence-electron chi connectivity index (χ3n) is 2.48. The van der Waals surface area contributed by atoms with Crippen LogP contribution in [0.2, 0.25) is 0 Å². The topological polar surface area (TPSA) is 55.4 Å². The molecule has 4 nitrogen and oxygen atoms in total. The molecule has 0 amide bonds. The third-order valence-corrected chi connectivity index (χ3v) is 5.15. The summed E-state index contributed by atoms with van der Waals surface area (Å²) in [6, 6.07) is 4.92. The van der Waals surface area contributed by atoms with Crippen molar-refractivity contribution in [2.24, 2.45) is 0 Å². The van der Waals surface area contributed by atoms with Gasteiger partial charge in [-0.3, -0.25) is 0 Å². The Bertz CT molecular complexity index is 506. The van der Waals surface area contributed by atoms with Crippen LogP contribution in [0.25, 0.3) is 0 Å². The molecular formula is C12H18BrNO3S2. The molecule has 108 valence electrons. The second kappa shape index (κ2) is 8.14. The highest BCUT2D eigenvalue weighted by Gasteiger charge is 2.19. The summed E-state index contributed by atoms with van der Waals surface area (Å²) in [5.74, 6) is 1.39. The molecule has 0 saturated carbocycles. The number of halogens is 1. The molecule has 1 aromatic carbocycles. The molecule has 0 radical (unpaired) electrons. The van der Waals surface area contributed by atoms with Gasteiger partial charge in [0.15, 0.2) is 0 Å². The van der Waals surface area contributed by atoms with Gasteiger partial charge < -0.3 is 4.74 Å². The summed E-state index contributed by atoms with van der Waals surface area (Å²) in [6.07, 6.45) is 3.87. The Balaban J connectivity index is 2.74. The van der Waals surface area contributed by atoms with Gasteiger partial charge in [-0.15, -0.1) is 0 Å². The lowest BCUT2D eigenvalue weighted by Gasteiger charge is -2.11. The van der Waals surface area contributed by atoms with E-state index in [-0.39, 0.29) is 4.90 Å². The average Bonchev–Trinajstić information content (AvgIpc) is 2.38. The standard InChI is InChI=1S/C12H18BrNO3S2/c1-17-11-6-5-10(13)9-12(11)19(15,16)14-7-3-4-8-18-2/h5-6,9,14H,3-4,7-8H2,1-2H3. The number of hydrogen-bond donors (Lipinski definition) is 1. The number of rotatable bonds is 8. The first kappa shape index (κ1) is 16.8. The van der Waals surface area contributed by atoms with Crippen molar-refractivity contribution in [1.82, 2.24) is 4.72 Å². The molecule has 0 aliphatic heterocycles. The van der Waals surface area contributed by atoms with E-state index in [0.717, 1.165) is 18.6 Å². The highest BCUT2D eigenvalue weighted by Crippen LogP contribution is 2.26. The number of methoxy groups -OCH3 is 1. The van der Waals surface area contributed by atoms with Gasteiger partial charge in [0, 0.05) is 11.0 Å². The van der Waals surface area contributed by atoms with Crippen LogP contribution in [-0.4, -0.2) is 34.1 Å². The SMILES string of the molecule is COc1ccc(Br)cc1S(=O)(=O)NCCCCSC. The molecule has 0 aliphatic carbocycles. The van der Waals surface area contributed by atoms with Crippen LogP contribution in [0.4, 0.5) is 0 Å². The first-order chi connectivity index (χ1) is 9.01. The van der Waals surface area contributed by atoms with Gasteiger partial charge in [-0.2, -0.15) is 11.8 Å². The number of sulfonamides is 1. The van der Waals surface area contributed by atoms with E-state index in [9.17, 15) is 8.42 Å². The minimum Gasteiger partial charge on any atom is -0.495 e.